The van der Waals surface area contributed by atoms with Crippen molar-refractivity contribution in [3.63, 3.8) is 0 Å². The lowest BCUT2D eigenvalue weighted by Gasteiger charge is -2.43. The third-order valence-corrected chi connectivity index (χ3v) is 4.98. The zero-order valence-electron chi connectivity index (χ0n) is 12.0. The fourth-order valence-electron chi connectivity index (χ4n) is 3.67. The molecule has 4 nitrogen and oxygen atoms in total. The average molecular weight is 269 g/mol. The number of piperidine rings is 1. The van der Waals surface area contributed by atoms with Crippen molar-refractivity contribution in [1.82, 2.24) is 4.90 Å². The minimum absolute atomic E-state index is 0.247. The van der Waals surface area contributed by atoms with Gasteiger partial charge in [0.2, 0.25) is 0 Å². The van der Waals surface area contributed by atoms with E-state index in [1.807, 2.05) is 0 Å². The summed E-state index contributed by atoms with van der Waals surface area (Å²) in [6.45, 7) is 4.04. The molecule has 2 N–H and O–H groups in total. The number of hydrogen-bond acceptors (Lipinski definition) is 3. The third-order valence-electron chi connectivity index (χ3n) is 4.98. The molecular weight excluding hydrogens is 242 g/mol. The Bertz CT molecular complexity index is 311. The van der Waals surface area contributed by atoms with E-state index in [1.54, 1.807) is 0 Å². The van der Waals surface area contributed by atoms with Crippen LogP contribution in [0.4, 0.5) is 0 Å². The van der Waals surface area contributed by atoms with E-state index in [0.717, 1.165) is 19.5 Å². The molecule has 0 aromatic carbocycles. The highest BCUT2D eigenvalue weighted by Crippen LogP contribution is 2.34. The molecule has 0 amide bonds. The maximum atomic E-state index is 11.0. The molecule has 0 aromatic heterocycles. The Hall–Kier alpha value is -0.610. The molecule has 1 aliphatic heterocycles. The van der Waals surface area contributed by atoms with Crippen molar-refractivity contribution >= 4 is 5.97 Å². The van der Waals surface area contributed by atoms with Crippen molar-refractivity contribution < 1.29 is 15.0 Å². The van der Waals surface area contributed by atoms with Crippen molar-refractivity contribution in [1.29, 1.82) is 0 Å². The van der Waals surface area contributed by atoms with E-state index in [4.69, 9.17) is 5.11 Å². The first-order chi connectivity index (χ1) is 9.04. The molecule has 1 saturated heterocycles. The summed E-state index contributed by atoms with van der Waals surface area (Å²) < 4.78 is 0. The van der Waals surface area contributed by atoms with Gasteiger partial charge < -0.3 is 10.2 Å². The zero-order valence-corrected chi connectivity index (χ0v) is 12.0. The fourth-order valence-corrected chi connectivity index (χ4v) is 3.67. The van der Waals surface area contributed by atoms with Crippen LogP contribution in [0.5, 0.6) is 0 Å². The van der Waals surface area contributed by atoms with Crippen molar-refractivity contribution in [2.45, 2.75) is 69.9 Å². The summed E-state index contributed by atoms with van der Waals surface area (Å²) in [5.74, 6) is -0.949. The van der Waals surface area contributed by atoms with Crippen LogP contribution in [0.3, 0.4) is 0 Å². The molecular formula is C15H27NO3. The van der Waals surface area contributed by atoms with E-state index in [0.29, 0.717) is 31.7 Å². The van der Waals surface area contributed by atoms with Gasteiger partial charge in [-0.3, -0.25) is 9.69 Å². The van der Waals surface area contributed by atoms with Gasteiger partial charge in [0.1, 0.15) is 0 Å². The zero-order chi connectivity index (χ0) is 13.9. The van der Waals surface area contributed by atoms with Crippen LogP contribution in [0.15, 0.2) is 0 Å². The van der Waals surface area contributed by atoms with Crippen LogP contribution in [0.1, 0.15) is 58.3 Å². The maximum absolute atomic E-state index is 11.0. The van der Waals surface area contributed by atoms with Crippen molar-refractivity contribution in [3.8, 4) is 0 Å². The standard InChI is InChI=1S/C15H27NO3/c1-2-13-5-3-4-10-16(13)11-15(19)8-6-12(7-9-15)14(17)18/h12-13,19H,2-11H2,1H3,(H,17,18). The van der Waals surface area contributed by atoms with Gasteiger partial charge in [-0.05, 0) is 51.5 Å². The fraction of sp³-hybridized carbons (Fsp3) is 0.933. The van der Waals surface area contributed by atoms with Gasteiger partial charge in [0.25, 0.3) is 0 Å². The van der Waals surface area contributed by atoms with Crippen LogP contribution >= 0.6 is 0 Å². The van der Waals surface area contributed by atoms with Gasteiger partial charge in [-0.1, -0.05) is 13.3 Å². The van der Waals surface area contributed by atoms with Crippen molar-refractivity contribution in [3.05, 3.63) is 0 Å². The van der Waals surface area contributed by atoms with Gasteiger partial charge in [0.05, 0.1) is 11.5 Å². The SMILES string of the molecule is CCC1CCCCN1CC1(O)CCC(C(=O)O)CC1. The second-order valence-electron chi connectivity index (χ2n) is 6.37. The first kappa shape index (κ1) is 14.8. The number of nitrogens with zero attached hydrogens (tertiary/aromatic N) is 1. The number of carbonyl (C=O) groups is 1. The molecule has 1 atom stereocenters. The minimum Gasteiger partial charge on any atom is -0.481 e. The first-order valence-electron chi connectivity index (χ1n) is 7.73. The van der Waals surface area contributed by atoms with E-state index in [-0.39, 0.29) is 5.92 Å². The Labute approximate surface area is 115 Å². The predicted molar refractivity (Wildman–Crippen MR) is 74.0 cm³/mol. The van der Waals surface area contributed by atoms with E-state index < -0.39 is 11.6 Å². The van der Waals surface area contributed by atoms with E-state index in [1.165, 1.54) is 19.3 Å². The summed E-state index contributed by atoms with van der Waals surface area (Å²) in [5.41, 5.74) is -0.656. The molecule has 1 aliphatic carbocycles. The summed E-state index contributed by atoms with van der Waals surface area (Å²) in [5, 5.41) is 19.7. The quantitative estimate of drug-likeness (QED) is 0.822. The number of likely N-dealkylation sites (tertiary alicyclic amines) is 1. The molecule has 0 spiro atoms. The molecule has 110 valence electrons. The van der Waals surface area contributed by atoms with Gasteiger partial charge in [-0.2, -0.15) is 0 Å². The number of rotatable bonds is 4. The molecule has 19 heavy (non-hydrogen) atoms. The molecule has 1 heterocycles. The second kappa shape index (κ2) is 6.23. The van der Waals surface area contributed by atoms with Gasteiger partial charge in [0.15, 0.2) is 0 Å². The Morgan fingerprint density at radius 1 is 1.26 bits per heavy atom. The number of aliphatic hydroxyl groups is 1. The lowest BCUT2D eigenvalue weighted by atomic mass is 9.78. The summed E-state index contributed by atoms with van der Waals surface area (Å²) >= 11 is 0. The Morgan fingerprint density at radius 2 is 1.95 bits per heavy atom. The first-order valence-corrected chi connectivity index (χ1v) is 7.73. The number of hydrogen-bond donors (Lipinski definition) is 2. The van der Waals surface area contributed by atoms with Gasteiger partial charge in [0, 0.05) is 12.6 Å². The molecule has 2 fully saturated rings. The lowest BCUT2D eigenvalue weighted by molar-refractivity contribution is -0.145. The highest BCUT2D eigenvalue weighted by atomic mass is 16.4. The molecule has 0 radical (unpaired) electrons. The Kier molecular flexibility index (Phi) is 4.85. The molecule has 2 aliphatic rings. The minimum atomic E-state index is -0.702. The summed E-state index contributed by atoms with van der Waals surface area (Å²) in [7, 11) is 0. The summed E-state index contributed by atoms with van der Waals surface area (Å²) in [6, 6.07) is 0.606. The van der Waals surface area contributed by atoms with Gasteiger partial charge >= 0.3 is 5.97 Å². The largest absolute Gasteiger partial charge is 0.481 e. The van der Waals surface area contributed by atoms with Gasteiger partial charge in [-0.25, -0.2) is 0 Å². The van der Waals surface area contributed by atoms with Crippen LogP contribution in [0.2, 0.25) is 0 Å². The van der Waals surface area contributed by atoms with Crippen molar-refractivity contribution in [2.24, 2.45) is 5.92 Å². The molecule has 0 bridgehead atoms. The highest BCUT2D eigenvalue weighted by molar-refractivity contribution is 5.70. The molecule has 2 rings (SSSR count). The van der Waals surface area contributed by atoms with Crippen LogP contribution in [0.25, 0.3) is 0 Å². The number of carboxylic acids is 1. The lowest BCUT2D eigenvalue weighted by Crippen LogP contribution is -2.51. The van der Waals surface area contributed by atoms with Crippen LogP contribution in [-0.4, -0.2) is 45.8 Å². The van der Waals surface area contributed by atoms with Crippen LogP contribution < -0.4 is 0 Å². The van der Waals surface area contributed by atoms with Crippen LogP contribution in [0, 0.1) is 5.92 Å². The smallest absolute Gasteiger partial charge is 0.306 e. The molecule has 1 unspecified atom stereocenters. The van der Waals surface area contributed by atoms with E-state index in [9.17, 15) is 9.90 Å². The number of aliphatic carboxylic acids is 1. The Balaban J connectivity index is 1.89. The number of β-amino-alcohol motifs (C(OH)–C–C–N with tert-alkyl or cyclic N) is 1. The van der Waals surface area contributed by atoms with E-state index in [2.05, 4.69) is 11.8 Å². The number of carboxylic acid groups (broad SMARTS) is 1. The Morgan fingerprint density at radius 3 is 2.53 bits per heavy atom. The summed E-state index contributed by atoms with van der Waals surface area (Å²) in [4.78, 5) is 13.4. The monoisotopic (exact) mass is 269 g/mol. The average Bonchev–Trinajstić information content (AvgIpc) is 2.39. The van der Waals surface area contributed by atoms with E-state index >= 15 is 0 Å². The van der Waals surface area contributed by atoms with Crippen LogP contribution in [-0.2, 0) is 4.79 Å². The molecule has 4 heteroatoms. The predicted octanol–water partition coefficient (Wildman–Crippen LogP) is 2.26. The maximum Gasteiger partial charge on any atom is 0.306 e. The highest BCUT2D eigenvalue weighted by Gasteiger charge is 2.38. The molecule has 0 aromatic rings. The normalized spacial score (nSPS) is 37.2. The molecule has 1 saturated carbocycles. The topological polar surface area (TPSA) is 60.8 Å². The summed E-state index contributed by atoms with van der Waals surface area (Å²) in [6.07, 6.45) is 7.43. The van der Waals surface area contributed by atoms with Gasteiger partial charge in [-0.15, -0.1) is 0 Å². The second-order valence-corrected chi connectivity index (χ2v) is 6.37. The van der Waals surface area contributed by atoms with Crippen molar-refractivity contribution in [2.75, 3.05) is 13.1 Å². The third kappa shape index (κ3) is 3.69.